The van der Waals surface area contributed by atoms with Crippen LogP contribution in [0.5, 0.6) is 0 Å². The summed E-state index contributed by atoms with van der Waals surface area (Å²) in [5, 5.41) is 10.8. The first-order chi connectivity index (χ1) is 4.86. The van der Waals surface area contributed by atoms with Crippen LogP contribution in [-0.2, 0) is 0 Å². The van der Waals surface area contributed by atoms with Crippen molar-refractivity contribution in [1.29, 1.82) is 0 Å². The Labute approximate surface area is 90.4 Å². The Kier molecular flexibility index (Phi) is 2.90. The van der Waals surface area contributed by atoms with Gasteiger partial charge in [-0.25, -0.2) is 0 Å². The number of fused-ring (bicyclic) bond motifs is 1. The van der Waals surface area contributed by atoms with Crippen LogP contribution >= 0.6 is 11.6 Å². The Hall–Kier alpha value is -0.0900. The van der Waals surface area contributed by atoms with Gasteiger partial charge in [-0.2, -0.15) is 0 Å². The first-order valence-corrected chi connectivity index (χ1v) is 3.20. The van der Waals surface area contributed by atoms with E-state index >= 15 is 0 Å². The number of aromatic nitrogens is 3. The van der Waals surface area contributed by atoms with Gasteiger partial charge >= 0.3 is 29.6 Å². The topological polar surface area (TPSA) is 41.6 Å². The van der Waals surface area contributed by atoms with E-state index in [0.29, 0.717) is 5.02 Å². The van der Waals surface area contributed by atoms with Crippen LogP contribution in [0.3, 0.4) is 0 Å². The fourth-order valence-electron chi connectivity index (χ4n) is 0.815. The summed E-state index contributed by atoms with van der Waals surface area (Å²) in [6.45, 7) is 0. The van der Waals surface area contributed by atoms with Crippen molar-refractivity contribution in [1.82, 2.24) is 15.4 Å². The normalized spacial score (nSPS) is 9.55. The second-order valence-electron chi connectivity index (χ2n) is 1.97. The van der Waals surface area contributed by atoms with E-state index in [1.807, 2.05) is 6.07 Å². The van der Waals surface area contributed by atoms with Gasteiger partial charge in [-0.3, -0.25) is 5.10 Å². The number of rotatable bonds is 0. The van der Waals surface area contributed by atoms with Crippen molar-refractivity contribution in [3.8, 4) is 0 Å². The summed E-state index contributed by atoms with van der Waals surface area (Å²) in [4.78, 5) is 0. The summed E-state index contributed by atoms with van der Waals surface area (Å²) in [7, 11) is 0. The molecular weight excluding hydrogens is 173 g/mol. The molecule has 1 aromatic carbocycles. The number of halogens is 1. The van der Waals surface area contributed by atoms with Crippen molar-refractivity contribution in [3.63, 3.8) is 0 Å². The van der Waals surface area contributed by atoms with Crippen LogP contribution in [-0.4, -0.2) is 45.0 Å². The molecule has 3 nitrogen and oxygen atoms in total. The summed E-state index contributed by atoms with van der Waals surface area (Å²) in [5.41, 5.74) is 1.71. The molecule has 1 aromatic heterocycles. The van der Waals surface area contributed by atoms with Gasteiger partial charge < -0.3 is 0 Å². The molecule has 5 heteroatoms. The number of H-pyrrole nitrogens is 1. The number of nitrogens with zero attached hydrogens (tertiary/aromatic N) is 2. The van der Waals surface area contributed by atoms with Gasteiger partial charge in [0.05, 0.1) is 5.52 Å². The van der Waals surface area contributed by atoms with E-state index in [0.717, 1.165) is 11.0 Å². The molecular formula is C6H5ClN3Na. The van der Waals surface area contributed by atoms with Gasteiger partial charge in [0.15, 0.2) is 0 Å². The zero-order valence-corrected chi connectivity index (χ0v) is 5.76. The van der Waals surface area contributed by atoms with E-state index in [4.69, 9.17) is 11.6 Å². The summed E-state index contributed by atoms with van der Waals surface area (Å²) in [6.07, 6.45) is 0. The van der Waals surface area contributed by atoms with Gasteiger partial charge in [-0.05, 0) is 18.2 Å². The number of aromatic amines is 1. The molecule has 0 bridgehead atoms. The Balaban J connectivity index is 0.000000605. The number of nitrogens with one attached hydrogen (secondary N) is 1. The predicted molar refractivity (Wildman–Crippen MR) is 46.0 cm³/mol. The van der Waals surface area contributed by atoms with Crippen molar-refractivity contribution in [2.45, 2.75) is 0 Å². The zero-order chi connectivity index (χ0) is 6.97. The third kappa shape index (κ3) is 1.73. The predicted octanol–water partition coefficient (Wildman–Crippen LogP) is 0.963. The third-order valence-electron chi connectivity index (χ3n) is 1.29. The van der Waals surface area contributed by atoms with E-state index in [2.05, 4.69) is 15.4 Å². The van der Waals surface area contributed by atoms with Crippen LogP contribution in [0.1, 0.15) is 0 Å². The summed E-state index contributed by atoms with van der Waals surface area (Å²) >= 11 is 5.69. The molecule has 0 saturated carbocycles. The average Bonchev–Trinajstić information content (AvgIpc) is 2.33. The quantitative estimate of drug-likeness (QED) is 0.609. The zero-order valence-electron chi connectivity index (χ0n) is 5.00. The van der Waals surface area contributed by atoms with Crippen LogP contribution in [0.25, 0.3) is 11.0 Å². The van der Waals surface area contributed by atoms with Crippen LogP contribution in [0.4, 0.5) is 0 Å². The molecule has 2 aromatic rings. The number of hydrogen-bond acceptors (Lipinski definition) is 2. The van der Waals surface area contributed by atoms with Gasteiger partial charge in [0.25, 0.3) is 0 Å². The first kappa shape index (κ1) is 9.00. The van der Waals surface area contributed by atoms with Gasteiger partial charge in [-0.1, -0.05) is 16.8 Å². The van der Waals surface area contributed by atoms with Gasteiger partial charge in [0.1, 0.15) is 5.52 Å². The molecule has 0 amide bonds. The number of benzene rings is 1. The average molecular weight is 178 g/mol. The fraction of sp³-hybridized carbons (Fsp3) is 0. The molecule has 2 rings (SSSR count). The Morgan fingerprint density at radius 1 is 1.36 bits per heavy atom. The fourth-order valence-corrected chi connectivity index (χ4v) is 0.981. The molecule has 1 heterocycles. The molecule has 11 heavy (non-hydrogen) atoms. The molecule has 1 N–H and O–H groups in total. The van der Waals surface area contributed by atoms with Crippen molar-refractivity contribution in [2.24, 2.45) is 0 Å². The molecule has 0 aliphatic rings. The summed E-state index contributed by atoms with van der Waals surface area (Å²) in [6, 6.07) is 5.40. The molecule has 52 valence electrons. The van der Waals surface area contributed by atoms with Crippen molar-refractivity contribution in [3.05, 3.63) is 23.2 Å². The maximum atomic E-state index is 5.69. The third-order valence-corrected chi connectivity index (χ3v) is 1.52. The van der Waals surface area contributed by atoms with Crippen LogP contribution in [0.15, 0.2) is 18.2 Å². The van der Waals surface area contributed by atoms with Crippen LogP contribution < -0.4 is 0 Å². The second-order valence-corrected chi connectivity index (χ2v) is 2.41. The molecule has 0 aliphatic carbocycles. The van der Waals surface area contributed by atoms with Gasteiger partial charge in [0, 0.05) is 5.02 Å². The van der Waals surface area contributed by atoms with Crippen molar-refractivity contribution >= 4 is 52.2 Å². The van der Waals surface area contributed by atoms with Gasteiger partial charge in [-0.15, -0.1) is 5.10 Å². The van der Waals surface area contributed by atoms with E-state index in [1.54, 1.807) is 12.1 Å². The Morgan fingerprint density at radius 3 is 3.00 bits per heavy atom. The molecule has 0 aliphatic heterocycles. The first-order valence-electron chi connectivity index (χ1n) is 2.82. The summed E-state index contributed by atoms with van der Waals surface area (Å²) in [5.74, 6) is 0. The Bertz CT molecular complexity index is 359. The molecule has 0 unspecified atom stereocenters. The standard InChI is InChI=1S/C6H4ClN3.Na.H/c7-4-1-2-5-6(3-4)9-10-8-5;;/h1-3H,(H,8,9,10);;. The van der Waals surface area contributed by atoms with Gasteiger partial charge in [0.2, 0.25) is 0 Å². The van der Waals surface area contributed by atoms with Crippen molar-refractivity contribution in [2.75, 3.05) is 0 Å². The minimum atomic E-state index is 0. The SMILES string of the molecule is Clc1ccc2[nH]nnc2c1.[NaH]. The van der Waals surface area contributed by atoms with E-state index in [9.17, 15) is 0 Å². The number of hydrogen-bond donors (Lipinski definition) is 1. The molecule has 0 saturated heterocycles. The maximum absolute atomic E-state index is 5.69. The molecule has 0 fully saturated rings. The van der Waals surface area contributed by atoms with Crippen LogP contribution in [0.2, 0.25) is 5.02 Å². The van der Waals surface area contributed by atoms with E-state index in [1.165, 1.54) is 0 Å². The molecule has 0 spiro atoms. The monoisotopic (exact) mass is 177 g/mol. The Morgan fingerprint density at radius 2 is 2.18 bits per heavy atom. The van der Waals surface area contributed by atoms with E-state index in [-0.39, 0.29) is 29.6 Å². The summed E-state index contributed by atoms with van der Waals surface area (Å²) < 4.78 is 0. The molecule has 0 atom stereocenters. The molecule has 0 radical (unpaired) electrons. The van der Waals surface area contributed by atoms with E-state index < -0.39 is 0 Å². The second kappa shape index (κ2) is 3.54. The minimum absolute atomic E-state index is 0. The van der Waals surface area contributed by atoms with Crippen molar-refractivity contribution < 1.29 is 0 Å². The van der Waals surface area contributed by atoms with Crippen LogP contribution in [0, 0.1) is 0 Å².